The first-order chi connectivity index (χ1) is 12.3. The highest BCUT2D eigenvalue weighted by atomic mass is 16.5. The van der Waals surface area contributed by atoms with Crippen LogP contribution in [0.3, 0.4) is 0 Å². The second-order valence-corrected chi connectivity index (χ2v) is 5.96. The summed E-state index contributed by atoms with van der Waals surface area (Å²) >= 11 is 0. The zero-order chi connectivity index (χ0) is 17.6. The van der Waals surface area contributed by atoms with E-state index in [9.17, 15) is 0 Å². The van der Waals surface area contributed by atoms with Gasteiger partial charge in [-0.3, -0.25) is 0 Å². The van der Waals surface area contributed by atoms with Crippen LogP contribution in [-0.2, 0) is 17.7 Å². The van der Waals surface area contributed by atoms with Crippen LogP contribution < -0.4 is 19.5 Å². The summed E-state index contributed by atoms with van der Waals surface area (Å²) < 4.78 is 22.1. The lowest BCUT2D eigenvalue weighted by molar-refractivity contribution is 0.0423. The third kappa shape index (κ3) is 3.89. The van der Waals surface area contributed by atoms with Crippen LogP contribution in [0, 0.1) is 0 Å². The van der Waals surface area contributed by atoms with Crippen LogP contribution in [0.15, 0.2) is 36.4 Å². The molecule has 1 aliphatic heterocycles. The third-order valence-electron chi connectivity index (χ3n) is 4.52. The molecule has 3 rings (SSSR count). The normalized spacial score (nSPS) is 16.2. The van der Waals surface area contributed by atoms with E-state index in [0.29, 0.717) is 18.0 Å². The molecule has 0 amide bonds. The van der Waals surface area contributed by atoms with E-state index in [0.717, 1.165) is 30.9 Å². The van der Waals surface area contributed by atoms with E-state index in [1.165, 1.54) is 11.1 Å². The van der Waals surface area contributed by atoms with Gasteiger partial charge in [-0.25, -0.2) is 0 Å². The molecule has 0 bridgehead atoms. The first-order valence-electron chi connectivity index (χ1n) is 8.45. The summed E-state index contributed by atoms with van der Waals surface area (Å²) in [5.74, 6) is 2.13. The van der Waals surface area contributed by atoms with Crippen molar-refractivity contribution in [3.8, 4) is 17.2 Å². The lowest BCUT2D eigenvalue weighted by atomic mass is 9.97. The lowest BCUT2D eigenvalue weighted by Gasteiger charge is -2.26. The van der Waals surface area contributed by atoms with Gasteiger partial charge in [-0.2, -0.15) is 0 Å². The van der Waals surface area contributed by atoms with E-state index in [2.05, 4.69) is 29.6 Å². The Labute approximate surface area is 148 Å². The molecule has 0 saturated carbocycles. The maximum Gasteiger partial charge on any atom is 0.164 e. The summed E-state index contributed by atoms with van der Waals surface area (Å²) in [5.41, 5.74) is 3.68. The minimum atomic E-state index is 0.0797. The summed E-state index contributed by atoms with van der Waals surface area (Å²) in [6, 6.07) is 12.3. The average molecular weight is 343 g/mol. The van der Waals surface area contributed by atoms with Crippen LogP contribution in [0.2, 0.25) is 0 Å². The molecule has 1 N–H and O–H groups in total. The van der Waals surface area contributed by atoms with Gasteiger partial charge in [0.2, 0.25) is 0 Å². The molecule has 0 aromatic heterocycles. The van der Waals surface area contributed by atoms with Crippen LogP contribution in [0.5, 0.6) is 17.2 Å². The SMILES string of the molecule is COc1cc(OC)c(OC)cc1CNC[C@H]1OCCc2ccccc21. The molecule has 5 heteroatoms. The molecule has 1 aliphatic rings. The Balaban J connectivity index is 1.68. The molecule has 1 heterocycles. The summed E-state index contributed by atoms with van der Waals surface area (Å²) in [6.45, 7) is 2.17. The zero-order valence-electron chi connectivity index (χ0n) is 15.0. The predicted molar refractivity (Wildman–Crippen MR) is 96.6 cm³/mol. The van der Waals surface area contributed by atoms with E-state index >= 15 is 0 Å². The van der Waals surface area contributed by atoms with Crippen LogP contribution >= 0.6 is 0 Å². The first-order valence-corrected chi connectivity index (χ1v) is 8.45. The molecular formula is C20H25NO4. The zero-order valence-corrected chi connectivity index (χ0v) is 15.0. The number of fused-ring (bicyclic) bond motifs is 1. The Morgan fingerprint density at radius 2 is 1.72 bits per heavy atom. The van der Waals surface area contributed by atoms with Crippen LogP contribution in [0.4, 0.5) is 0 Å². The summed E-state index contributed by atoms with van der Waals surface area (Å²) in [6.07, 6.45) is 1.06. The van der Waals surface area contributed by atoms with Crippen molar-refractivity contribution in [2.45, 2.75) is 19.1 Å². The number of hydrogen-bond acceptors (Lipinski definition) is 5. The van der Waals surface area contributed by atoms with E-state index in [1.807, 2.05) is 12.1 Å². The van der Waals surface area contributed by atoms with Gasteiger partial charge >= 0.3 is 0 Å². The van der Waals surface area contributed by atoms with Crippen molar-refractivity contribution in [3.05, 3.63) is 53.1 Å². The summed E-state index contributed by atoms with van der Waals surface area (Å²) in [4.78, 5) is 0. The maximum atomic E-state index is 5.94. The highest BCUT2D eigenvalue weighted by Gasteiger charge is 2.20. The number of rotatable bonds is 7. The van der Waals surface area contributed by atoms with Crippen molar-refractivity contribution >= 4 is 0 Å². The van der Waals surface area contributed by atoms with E-state index in [1.54, 1.807) is 21.3 Å². The minimum absolute atomic E-state index is 0.0797. The average Bonchev–Trinajstić information content (AvgIpc) is 2.67. The molecule has 25 heavy (non-hydrogen) atoms. The molecule has 0 fully saturated rings. The smallest absolute Gasteiger partial charge is 0.164 e. The van der Waals surface area contributed by atoms with Gasteiger partial charge in [-0.15, -0.1) is 0 Å². The lowest BCUT2D eigenvalue weighted by Crippen LogP contribution is -2.27. The van der Waals surface area contributed by atoms with E-state index in [4.69, 9.17) is 18.9 Å². The quantitative estimate of drug-likeness (QED) is 0.837. The Hall–Kier alpha value is -2.24. The Bertz CT molecular complexity index is 717. The standard InChI is InChI=1S/C20H25NO4/c1-22-17-11-19(24-3)18(23-2)10-15(17)12-21-13-20-16-7-5-4-6-14(16)8-9-25-20/h4-7,10-11,20-21H,8-9,12-13H2,1-3H3/t20-/m1/s1. The van der Waals surface area contributed by atoms with Gasteiger partial charge in [0.05, 0.1) is 34.0 Å². The molecule has 0 saturated heterocycles. The second-order valence-electron chi connectivity index (χ2n) is 5.96. The summed E-state index contributed by atoms with van der Waals surface area (Å²) in [5, 5.41) is 3.47. The molecule has 0 spiro atoms. The largest absolute Gasteiger partial charge is 0.496 e. The molecule has 5 nitrogen and oxygen atoms in total. The molecule has 2 aromatic rings. The Kier molecular flexibility index (Phi) is 5.79. The number of hydrogen-bond donors (Lipinski definition) is 1. The van der Waals surface area contributed by atoms with Gasteiger partial charge in [-0.1, -0.05) is 24.3 Å². The first kappa shape index (κ1) is 17.6. The topological polar surface area (TPSA) is 49.0 Å². The van der Waals surface area contributed by atoms with Gasteiger partial charge in [0, 0.05) is 24.7 Å². The van der Waals surface area contributed by atoms with Gasteiger partial charge < -0.3 is 24.3 Å². The molecule has 0 radical (unpaired) electrons. The molecular weight excluding hydrogens is 318 g/mol. The predicted octanol–water partition coefficient (Wildman–Crippen LogP) is 3.12. The van der Waals surface area contributed by atoms with Gasteiger partial charge in [0.15, 0.2) is 11.5 Å². The number of methoxy groups -OCH3 is 3. The fourth-order valence-corrected chi connectivity index (χ4v) is 3.21. The van der Waals surface area contributed by atoms with Crippen molar-refractivity contribution in [2.24, 2.45) is 0 Å². The van der Waals surface area contributed by atoms with Crippen LogP contribution in [-0.4, -0.2) is 34.5 Å². The molecule has 0 unspecified atom stereocenters. The van der Waals surface area contributed by atoms with Gasteiger partial charge in [0.1, 0.15) is 5.75 Å². The van der Waals surface area contributed by atoms with Crippen molar-refractivity contribution in [1.29, 1.82) is 0 Å². The fourth-order valence-electron chi connectivity index (χ4n) is 3.21. The highest BCUT2D eigenvalue weighted by molar-refractivity contribution is 5.50. The Morgan fingerprint density at radius 3 is 2.48 bits per heavy atom. The third-order valence-corrected chi connectivity index (χ3v) is 4.52. The monoisotopic (exact) mass is 343 g/mol. The van der Waals surface area contributed by atoms with Crippen molar-refractivity contribution in [1.82, 2.24) is 5.32 Å². The van der Waals surface area contributed by atoms with E-state index in [-0.39, 0.29) is 6.10 Å². The molecule has 134 valence electrons. The highest BCUT2D eigenvalue weighted by Crippen LogP contribution is 2.34. The van der Waals surface area contributed by atoms with Crippen molar-refractivity contribution in [3.63, 3.8) is 0 Å². The Morgan fingerprint density at radius 1 is 1.00 bits per heavy atom. The number of ether oxygens (including phenoxy) is 4. The van der Waals surface area contributed by atoms with Crippen molar-refractivity contribution in [2.75, 3.05) is 34.5 Å². The maximum absolute atomic E-state index is 5.94. The molecule has 0 aliphatic carbocycles. The fraction of sp³-hybridized carbons (Fsp3) is 0.400. The number of nitrogens with one attached hydrogen (secondary N) is 1. The van der Waals surface area contributed by atoms with Gasteiger partial charge in [0.25, 0.3) is 0 Å². The van der Waals surface area contributed by atoms with Gasteiger partial charge in [-0.05, 0) is 23.6 Å². The van der Waals surface area contributed by atoms with E-state index < -0.39 is 0 Å². The summed E-state index contributed by atoms with van der Waals surface area (Å²) in [7, 11) is 4.91. The molecule has 2 aromatic carbocycles. The second kappa shape index (κ2) is 8.23. The van der Waals surface area contributed by atoms with Crippen molar-refractivity contribution < 1.29 is 18.9 Å². The minimum Gasteiger partial charge on any atom is -0.496 e. The molecule has 1 atom stereocenters. The van der Waals surface area contributed by atoms with Crippen LogP contribution in [0.25, 0.3) is 0 Å². The van der Waals surface area contributed by atoms with Crippen LogP contribution in [0.1, 0.15) is 22.8 Å². The number of benzene rings is 2.